The zero-order valence-corrected chi connectivity index (χ0v) is 15.7. The molecule has 5 rings (SSSR count). The maximum Gasteiger partial charge on any atom is 0.259 e. The minimum atomic E-state index is -0.290. The molecular weight excluding hydrogens is 384 g/mol. The lowest BCUT2D eigenvalue weighted by Gasteiger charge is -2.01. The average molecular weight is 396 g/mol. The number of allylic oxidation sites excluding steroid dienone is 1. The summed E-state index contributed by atoms with van der Waals surface area (Å²) in [5, 5.41) is 10.8. The van der Waals surface area contributed by atoms with Gasteiger partial charge in [-0.05, 0) is 36.4 Å². The highest BCUT2D eigenvalue weighted by atomic mass is 32.1. The first-order chi connectivity index (χ1) is 14.2. The Hall–Kier alpha value is -4.02. The van der Waals surface area contributed by atoms with Crippen molar-refractivity contribution < 1.29 is 4.42 Å². The lowest BCUT2D eigenvalue weighted by molar-refractivity contribution is 0.571. The van der Waals surface area contributed by atoms with Gasteiger partial charge in [-0.15, -0.1) is 11.3 Å². The number of nitrogens with one attached hydrogen (secondary N) is 1. The van der Waals surface area contributed by atoms with Crippen LogP contribution in [0.4, 0.5) is 0 Å². The number of hydrogen-bond donors (Lipinski definition) is 1. The Bertz CT molecular complexity index is 1470. The van der Waals surface area contributed by atoms with Gasteiger partial charge in [-0.1, -0.05) is 24.3 Å². The molecule has 0 bridgehead atoms. The number of benzene rings is 2. The molecule has 0 unspecified atom stereocenters. The molecular formula is C22H12N4O2S. The van der Waals surface area contributed by atoms with Crippen LogP contribution in [0.2, 0.25) is 0 Å². The van der Waals surface area contributed by atoms with Crippen LogP contribution in [0.15, 0.2) is 69.9 Å². The van der Waals surface area contributed by atoms with Crippen LogP contribution in [0.25, 0.3) is 43.5 Å². The fourth-order valence-electron chi connectivity index (χ4n) is 3.03. The normalized spacial score (nSPS) is 11.8. The van der Waals surface area contributed by atoms with Crippen LogP contribution >= 0.6 is 11.3 Å². The largest absolute Gasteiger partial charge is 0.454 e. The molecule has 2 aromatic carbocycles. The van der Waals surface area contributed by atoms with Gasteiger partial charge in [-0.25, -0.2) is 9.97 Å². The Morgan fingerprint density at radius 2 is 1.83 bits per heavy atom. The molecule has 0 spiro atoms. The predicted molar refractivity (Wildman–Crippen MR) is 113 cm³/mol. The molecule has 29 heavy (non-hydrogen) atoms. The number of fused-ring (bicyclic) bond motifs is 2. The van der Waals surface area contributed by atoms with Crippen molar-refractivity contribution >= 4 is 44.1 Å². The summed E-state index contributed by atoms with van der Waals surface area (Å²) in [5.41, 5.74) is 1.36. The molecule has 0 atom stereocenters. The van der Waals surface area contributed by atoms with Gasteiger partial charge in [0.15, 0.2) is 16.6 Å². The summed E-state index contributed by atoms with van der Waals surface area (Å²) in [4.78, 5) is 23.9. The second-order valence-electron chi connectivity index (χ2n) is 6.29. The van der Waals surface area contributed by atoms with Gasteiger partial charge >= 0.3 is 0 Å². The molecule has 7 heteroatoms. The highest BCUT2D eigenvalue weighted by molar-refractivity contribution is 7.21. The highest BCUT2D eigenvalue weighted by Crippen LogP contribution is 2.31. The molecule has 3 aromatic heterocycles. The van der Waals surface area contributed by atoms with E-state index in [0.717, 1.165) is 15.2 Å². The van der Waals surface area contributed by atoms with Gasteiger partial charge in [-0.2, -0.15) is 5.26 Å². The van der Waals surface area contributed by atoms with Crippen LogP contribution in [-0.2, 0) is 0 Å². The van der Waals surface area contributed by atoms with Crippen LogP contribution in [0.3, 0.4) is 0 Å². The van der Waals surface area contributed by atoms with Gasteiger partial charge in [0.2, 0.25) is 0 Å². The van der Waals surface area contributed by atoms with Crippen LogP contribution < -0.4 is 5.56 Å². The molecule has 6 nitrogen and oxygen atoms in total. The average Bonchev–Trinajstić information content (AvgIpc) is 3.38. The number of aromatic nitrogens is 3. The second kappa shape index (κ2) is 6.86. The minimum Gasteiger partial charge on any atom is -0.454 e. The standard InChI is InChI=1S/C22H12N4O2S/c23-12-13(20-24-16-6-2-1-5-15(16)21(27)26-20)11-14-9-10-18(28-14)22-25-17-7-3-4-8-19(17)29-22/h1-11H,(H,24,26,27). The zero-order chi connectivity index (χ0) is 19.8. The quantitative estimate of drug-likeness (QED) is 0.440. The zero-order valence-electron chi connectivity index (χ0n) is 14.9. The van der Waals surface area contributed by atoms with E-state index in [9.17, 15) is 10.1 Å². The predicted octanol–water partition coefficient (Wildman–Crippen LogP) is 4.86. The lowest BCUT2D eigenvalue weighted by Crippen LogP contribution is -2.11. The molecule has 138 valence electrons. The van der Waals surface area contributed by atoms with E-state index < -0.39 is 0 Å². The van der Waals surface area contributed by atoms with Crippen molar-refractivity contribution in [3.8, 4) is 16.8 Å². The molecule has 0 saturated carbocycles. The van der Waals surface area contributed by atoms with E-state index in [0.29, 0.717) is 22.4 Å². The number of aromatic amines is 1. The number of nitriles is 1. The van der Waals surface area contributed by atoms with Crippen LogP contribution in [0.1, 0.15) is 11.6 Å². The van der Waals surface area contributed by atoms with E-state index in [1.165, 1.54) is 11.3 Å². The number of rotatable bonds is 3. The van der Waals surface area contributed by atoms with Crippen molar-refractivity contribution in [3.63, 3.8) is 0 Å². The first kappa shape index (κ1) is 17.1. The van der Waals surface area contributed by atoms with Crippen molar-refractivity contribution in [2.24, 2.45) is 0 Å². The van der Waals surface area contributed by atoms with E-state index in [4.69, 9.17) is 4.42 Å². The second-order valence-corrected chi connectivity index (χ2v) is 7.32. The van der Waals surface area contributed by atoms with Crippen molar-refractivity contribution in [1.29, 1.82) is 5.26 Å². The van der Waals surface area contributed by atoms with Gasteiger partial charge in [0.1, 0.15) is 11.8 Å². The molecule has 0 aliphatic carbocycles. The van der Waals surface area contributed by atoms with Gasteiger partial charge in [0.05, 0.1) is 26.7 Å². The number of nitrogens with zero attached hydrogens (tertiary/aromatic N) is 3. The summed E-state index contributed by atoms with van der Waals surface area (Å²) >= 11 is 1.54. The van der Waals surface area contributed by atoms with E-state index in [-0.39, 0.29) is 17.0 Å². The first-order valence-corrected chi connectivity index (χ1v) is 9.60. The van der Waals surface area contributed by atoms with Gasteiger partial charge < -0.3 is 9.40 Å². The Kier molecular flexibility index (Phi) is 4.04. The topological polar surface area (TPSA) is 95.6 Å². The summed E-state index contributed by atoms with van der Waals surface area (Å²) in [7, 11) is 0. The molecule has 0 aliphatic rings. The summed E-state index contributed by atoms with van der Waals surface area (Å²) < 4.78 is 6.95. The third-order valence-electron chi connectivity index (χ3n) is 4.41. The summed E-state index contributed by atoms with van der Waals surface area (Å²) in [6, 6.07) is 20.5. The van der Waals surface area contributed by atoms with Gasteiger partial charge in [0, 0.05) is 6.08 Å². The summed E-state index contributed by atoms with van der Waals surface area (Å²) in [5.74, 6) is 1.30. The Labute approximate surface area is 168 Å². The van der Waals surface area contributed by atoms with Crippen LogP contribution in [0.5, 0.6) is 0 Å². The SMILES string of the molecule is N#CC(=Cc1ccc(-c2nc3ccccc3s2)o1)c1nc2ccccc2c(=O)[nH]1. The Balaban J connectivity index is 1.54. The molecule has 0 saturated heterocycles. The Morgan fingerprint density at radius 1 is 1.03 bits per heavy atom. The van der Waals surface area contributed by atoms with Gasteiger partial charge in [-0.3, -0.25) is 4.79 Å². The molecule has 0 fully saturated rings. The maximum absolute atomic E-state index is 12.3. The monoisotopic (exact) mass is 396 g/mol. The van der Waals surface area contributed by atoms with Crippen molar-refractivity contribution in [2.75, 3.05) is 0 Å². The van der Waals surface area contributed by atoms with E-state index in [1.807, 2.05) is 30.3 Å². The molecule has 1 N–H and O–H groups in total. The Morgan fingerprint density at radius 3 is 2.66 bits per heavy atom. The third kappa shape index (κ3) is 3.12. The number of H-pyrrole nitrogens is 1. The summed E-state index contributed by atoms with van der Waals surface area (Å²) in [6.07, 6.45) is 1.56. The fourth-order valence-corrected chi connectivity index (χ4v) is 3.96. The maximum atomic E-state index is 12.3. The smallest absolute Gasteiger partial charge is 0.259 e. The summed E-state index contributed by atoms with van der Waals surface area (Å²) in [6.45, 7) is 0. The number of hydrogen-bond acceptors (Lipinski definition) is 6. The van der Waals surface area contributed by atoms with Crippen molar-refractivity contribution in [3.05, 3.63) is 82.6 Å². The van der Waals surface area contributed by atoms with Crippen molar-refractivity contribution in [1.82, 2.24) is 15.0 Å². The van der Waals surface area contributed by atoms with Crippen molar-refractivity contribution in [2.45, 2.75) is 0 Å². The minimum absolute atomic E-state index is 0.203. The first-order valence-electron chi connectivity index (χ1n) is 8.78. The molecule has 5 aromatic rings. The van der Waals surface area contributed by atoms with Gasteiger partial charge in [0.25, 0.3) is 5.56 Å². The number of para-hydroxylation sites is 2. The highest BCUT2D eigenvalue weighted by Gasteiger charge is 2.12. The molecule has 3 heterocycles. The van der Waals surface area contributed by atoms with E-state index in [2.05, 4.69) is 21.0 Å². The third-order valence-corrected chi connectivity index (χ3v) is 5.46. The molecule has 0 aliphatic heterocycles. The number of thiazole rings is 1. The van der Waals surface area contributed by atoms with Crippen LogP contribution in [0, 0.1) is 11.3 Å². The molecule has 0 radical (unpaired) electrons. The van der Waals surface area contributed by atoms with Crippen LogP contribution in [-0.4, -0.2) is 15.0 Å². The molecule has 0 amide bonds. The van der Waals surface area contributed by atoms with E-state index in [1.54, 1.807) is 36.4 Å². The fraction of sp³-hybridized carbons (Fsp3) is 0. The van der Waals surface area contributed by atoms with E-state index >= 15 is 0 Å². The lowest BCUT2D eigenvalue weighted by atomic mass is 10.2. The number of furan rings is 1.